The van der Waals surface area contributed by atoms with Crippen LogP contribution in [0.3, 0.4) is 0 Å². The average molecular weight is 635 g/mol. The van der Waals surface area contributed by atoms with Crippen LogP contribution in [-0.4, -0.2) is 24.7 Å². The molecule has 14 heteroatoms. The van der Waals surface area contributed by atoms with E-state index in [1.807, 2.05) is 0 Å². The third-order valence-corrected chi connectivity index (χ3v) is 4.22. The Balaban J connectivity index is 0. The van der Waals surface area contributed by atoms with Crippen LogP contribution in [0.2, 0.25) is 0 Å². The number of ether oxygens (including phenoxy) is 2. The molecule has 0 radical (unpaired) electrons. The van der Waals surface area contributed by atoms with Crippen LogP contribution in [0.4, 0.5) is 52.7 Å². The zero-order chi connectivity index (χ0) is 34.6. The second-order valence-corrected chi connectivity index (χ2v) is 7.75. The minimum Gasteiger partial charge on any atom is -0.459 e. The standard InChI is InChI=1S/C15H14F6O.C14H12F6O/c1-6-12(14(16,17)18)7-10(4)22-11(5)8-13(9(2)3)15(19,20)21;1-5-7-11(13(15,16)17)9(3)21-10(4)12(8-6-2)14(18,19)20/h6-8H,1-2,4-5H2,3H3;5-8H,1-4H2/b12-7+,13-8+;11-7+,12-8+. The summed E-state index contributed by atoms with van der Waals surface area (Å²) in [7, 11) is 0. The SMILES string of the molecule is C=C/C(=C\C(=C)OC(=C)/C=C(\C(=C)C)C(F)(F)F)C(F)(F)F.C=C/C=C(\C(=C)OC(=C)/C(=C\C=C)C(F)(F)F)C(F)(F)F. The van der Waals surface area contributed by atoms with Gasteiger partial charge in [0, 0.05) is 0 Å². The third-order valence-electron chi connectivity index (χ3n) is 4.22. The lowest BCUT2D eigenvalue weighted by molar-refractivity contribution is -0.0967. The summed E-state index contributed by atoms with van der Waals surface area (Å²) in [5.41, 5.74) is -5.27. The van der Waals surface area contributed by atoms with Crippen molar-refractivity contribution in [1.29, 1.82) is 0 Å². The van der Waals surface area contributed by atoms with Gasteiger partial charge in [0.05, 0.1) is 22.3 Å². The molecule has 0 saturated heterocycles. The van der Waals surface area contributed by atoms with Crippen LogP contribution >= 0.6 is 0 Å². The van der Waals surface area contributed by atoms with E-state index in [2.05, 4.69) is 57.4 Å². The molecule has 0 atom stereocenters. The minimum atomic E-state index is -4.86. The summed E-state index contributed by atoms with van der Waals surface area (Å²) in [5, 5.41) is 0. The van der Waals surface area contributed by atoms with Gasteiger partial charge in [0.2, 0.25) is 0 Å². The molecule has 0 aliphatic heterocycles. The molecule has 238 valence electrons. The zero-order valence-electron chi connectivity index (χ0n) is 22.6. The highest BCUT2D eigenvalue weighted by Crippen LogP contribution is 2.36. The third kappa shape index (κ3) is 15.4. The van der Waals surface area contributed by atoms with E-state index in [9.17, 15) is 52.7 Å². The van der Waals surface area contributed by atoms with Gasteiger partial charge in [-0.15, -0.1) is 0 Å². The van der Waals surface area contributed by atoms with E-state index in [-0.39, 0.29) is 5.57 Å². The summed E-state index contributed by atoms with van der Waals surface area (Å²) >= 11 is 0. The maximum absolute atomic E-state index is 12.7. The molecule has 43 heavy (non-hydrogen) atoms. The first-order valence-corrected chi connectivity index (χ1v) is 11.0. The summed E-state index contributed by atoms with van der Waals surface area (Å²) in [6.07, 6.45) is -14.8. The lowest BCUT2D eigenvalue weighted by Gasteiger charge is -2.18. The Morgan fingerprint density at radius 1 is 0.512 bits per heavy atom. The van der Waals surface area contributed by atoms with Crippen molar-refractivity contribution in [2.45, 2.75) is 31.6 Å². The second-order valence-electron chi connectivity index (χ2n) is 7.75. The first-order valence-electron chi connectivity index (χ1n) is 11.0. The molecule has 0 unspecified atom stereocenters. The van der Waals surface area contributed by atoms with Gasteiger partial charge < -0.3 is 9.47 Å². The van der Waals surface area contributed by atoms with Gasteiger partial charge in [-0.1, -0.05) is 70.9 Å². The van der Waals surface area contributed by atoms with Crippen LogP contribution in [0.25, 0.3) is 0 Å². The normalized spacial score (nSPS) is 13.6. The smallest absolute Gasteiger partial charge is 0.419 e. The molecule has 0 aromatic heterocycles. The van der Waals surface area contributed by atoms with Crippen molar-refractivity contribution in [3.05, 3.63) is 146 Å². The van der Waals surface area contributed by atoms with Crippen LogP contribution in [0.1, 0.15) is 6.92 Å². The average Bonchev–Trinajstić information content (AvgIpc) is 2.79. The highest BCUT2D eigenvalue weighted by Gasteiger charge is 2.39. The van der Waals surface area contributed by atoms with Crippen LogP contribution in [0.5, 0.6) is 0 Å². The molecule has 0 spiro atoms. The summed E-state index contributed by atoms with van der Waals surface area (Å²) in [6.45, 7) is 25.7. The molecule has 0 aromatic rings. The molecule has 0 aliphatic rings. The van der Waals surface area contributed by atoms with Gasteiger partial charge in [0.15, 0.2) is 0 Å². The second kappa shape index (κ2) is 16.3. The largest absolute Gasteiger partial charge is 0.459 e. The molecule has 0 rings (SSSR count). The van der Waals surface area contributed by atoms with E-state index in [1.165, 1.54) is 0 Å². The summed E-state index contributed by atoms with van der Waals surface area (Å²) in [6, 6.07) is 0. The molecule has 0 aromatic carbocycles. The Hall–Kier alpha value is -4.36. The number of allylic oxidation sites excluding steroid dienone is 12. The Morgan fingerprint density at radius 3 is 1.12 bits per heavy atom. The Labute approximate surface area is 240 Å². The molecular weight excluding hydrogens is 608 g/mol. The first kappa shape index (κ1) is 40.8. The van der Waals surface area contributed by atoms with Gasteiger partial charge in [-0.2, -0.15) is 52.7 Å². The quantitative estimate of drug-likeness (QED) is 0.121. The van der Waals surface area contributed by atoms with Crippen molar-refractivity contribution in [2.75, 3.05) is 0 Å². The van der Waals surface area contributed by atoms with E-state index < -0.39 is 70.0 Å². The predicted octanol–water partition coefficient (Wildman–Crippen LogP) is 11.1. The van der Waals surface area contributed by atoms with Gasteiger partial charge in [0.25, 0.3) is 0 Å². The molecular formula is C29H26F12O2. The van der Waals surface area contributed by atoms with E-state index in [0.29, 0.717) is 30.4 Å². The van der Waals surface area contributed by atoms with Gasteiger partial charge in [-0.3, -0.25) is 0 Å². The van der Waals surface area contributed by atoms with Crippen molar-refractivity contribution >= 4 is 0 Å². The maximum atomic E-state index is 12.7. The molecule has 0 amide bonds. The first-order chi connectivity index (χ1) is 19.2. The number of hydrogen-bond donors (Lipinski definition) is 0. The van der Waals surface area contributed by atoms with Crippen LogP contribution in [0.15, 0.2) is 146 Å². The van der Waals surface area contributed by atoms with E-state index in [4.69, 9.17) is 4.74 Å². The van der Waals surface area contributed by atoms with E-state index in [0.717, 1.165) is 19.1 Å². The van der Waals surface area contributed by atoms with Gasteiger partial charge in [-0.05, 0) is 36.8 Å². The molecule has 0 fully saturated rings. The fraction of sp³-hybridized carbons (Fsp3) is 0.172. The Kier molecular flexibility index (Phi) is 15.5. The van der Waals surface area contributed by atoms with Crippen molar-refractivity contribution in [3.8, 4) is 0 Å². The van der Waals surface area contributed by atoms with Gasteiger partial charge in [0.1, 0.15) is 23.0 Å². The monoisotopic (exact) mass is 634 g/mol. The molecule has 2 nitrogen and oxygen atoms in total. The molecule has 0 N–H and O–H groups in total. The van der Waals surface area contributed by atoms with Crippen molar-refractivity contribution < 1.29 is 62.2 Å². The Morgan fingerprint density at radius 2 is 0.860 bits per heavy atom. The molecule has 0 heterocycles. The lowest BCUT2D eigenvalue weighted by Crippen LogP contribution is -2.18. The predicted molar refractivity (Wildman–Crippen MR) is 141 cm³/mol. The van der Waals surface area contributed by atoms with Crippen molar-refractivity contribution in [3.63, 3.8) is 0 Å². The molecule has 0 bridgehead atoms. The highest BCUT2D eigenvalue weighted by molar-refractivity contribution is 5.38. The van der Waals surface area contributed by atoms with E-state index >= 15 is 0 Å². The zero-order valence-corrected chi connectivity index (χ0v) is 22.6. The van der Waals surface area contributed by atoms with Crippen molar-refractivity contribution in [2.24, 2.45) is 0 Å². The summed E-state index contributed by atoms with van der Waals surface area (Å²) < 4.78 is 160. The van der Waals surface area contributed by atoms with Gasteiger partial charge in [-0.25, -0.2) is 0 Å². The fourth-order valence-corrected chi connectivity index (χ4v) is 2.45. The highest BCUT2D eigenvalue weighted by atomic mass is 19.4. The number of halogens is 12. The minimum absolute atomic E-state index is 0.291. The molecule has 0 aliphatic carbocycles. The number of rotatable bonds is 12. The summed E-state index contributed by atoms with van der Waals surface area (Å²) in [4.78, 5) is 0. The van der Waals surface area contributed by atoms with E-state index in [1.54, 1.807) is 0 Å². The molecule has 0 saturated carbocycles. The maximum Gasteiger partial charge on any atom is 0.419 e. The van der Waals surface area contributed by atoms with Crippen molar-refractivity contribution in [1.82, 2.24) is 0 Å². The van der Waals surface area contributed by atoms with Crippen LogP contribution in [-0.2, 0) is 9.47 Å². The number of alkyl halides is 12. The number of hydrogen-bond acceptors (Lipinski definition) is 2. The Bertz CT molecular complexity index is 1190. The lowest BCUT2D eigenvalue weighted by atomic mass is 10.1. The fourth-order valence-electron chi connectivity index (χ4n) is 2.45. The topological polar surface area (TPSA) is 18.5 Å². The van der Waals surface area contributed by atoms with Crippen LogP contribution in [0, 0.1) is 0 Å². The summed E-state index contributed by atoms with van der Waals surface area (Å²) in [5.74, 6) is -3.10. The van der Waals surface area contributed by atoms with Gasteiger partial charge >= 0.3 is 24.7 Å². The van der Waals surface area contributed by atoms with Crippen LogP contribution < -0.4 is 0 Å².